The molecule has 0 aliphatic rings. The van der Waals surface area contributed by atoms with Crippen molar-refractivity contribution in [2.45, 2.75) is 39.5 Å². The van der Waals surface area contributed by atoms with Gasteiger partial charge in [-0.05, 0) is 25.7 Å². The molecule has 0 aromatic rings. The predicted octanol–water partition coefficient (Wildman–Crippen LogP) is 3.42. The molecule has 0 bridgehead atoms. The average Bonchev–Trinajstić information content (AvgIpc) is 2.24. The van der Waals surface area contributed by atoms with Gasteiger partial charge in [0.25, 0.3) is 0 Å². The van der Waals surface area contributed by atoms with Crippen molar-refractivity contribution in [3.05, 3.63) is 12.2 Å². The molecule has 0 heterocycles. The lowest BCUT2D eigenvalue weighted by Crippen LogP contribution is -1.93. The lowest BCUT2D eigenvalue weighted by molar-refractivity contribution is 0.635. The van der Waals surface area contributed by atoms with E-state index >= 15 is 0 Å². The van der Waals surface area contributed by atoms with Crippen molar-refractivity contribution in [1.29, 1.82) is 10.5 Å². The van der Waals surface area contributed by atoms with Gasteiger partial charge in [-0.3, -0.25) is 0 Å². The van der Waals surface area contributed by atoms with Crippen molar-refractivity contribution < 1.29 is 0 Å². The molecule has 0 spiro atoms. The van der Waals surface area contributed by atoms with Gasteiger partial charge in [0.05, 0.1) is 12.1 Å². The molecular weight excluding hydrogens is 172 g/mol. The summed E-state index contributed by atoms with van der Waals surface area (Å²) in [7, 11) is 0. The van der Waals surface area contributed by atoms with Gasteiger partial charge >= 0.3 is 0 Å². The second kappa shape index (κ2) is 8.32. The maximum absolute atomic E-state index is 8.69. The normalized spacial score (nSPS) is 14.6. The van der Waals surface area contributed by atoms with Gasteiger partial charge in [0.15, 0.2) is 0 Å². The average molecular weight is 190 g/mol. The maximum Gasteiger partial charge on any atom is 0.0658 e. The molecule has 14 heavy (non-hydrogen) atoms. The van der Waals surface area contributed by atoms with Crippen molar-refractivity contribution in [3.63, 3.8) is 0 Å². The van der Waals surface area contributed by atoms with Crippen LogP contribution in [0.1, 0.15) is 39.5 Å². The summed E-state index contributed by atoms with van der Waals surface area (Å²) in [5.74, 6) is 0.266. The second-order valence-corrected chi connectivity index (χ2v) is 3.41. The molecule has 2 nitrogen and oxygen atoms in total. The molecular formula is C12H18N2. The quantitative estimate of drug-likeness (QED) is 0.602. The number of hydrogen-bond donors (Lipinski definition) is 0. The first-order valence-corrected chi connectivity index (χ1v) is 5.22. The van der Waals surface area contributed by atoms with Crippen LogP contribution in [0.2, 0.25) is 0 Å². The SMILES string of the molecule is CCC(C#N)CC=CCC(C#N)CC. The van der Waals surface area contributed by atoms with Crippen LogP contribution in [0, 0.1) is 34.5 Å². The van der Waals surface area contributed by atoms with E-state index in [-0.39, 0.29) is 11.8 Å². The molecule has 0 aliphatic heterocycles. The highest BCUT2D eigenvalue weighted by Crippen LogP contribution is 2.10. The molecule has 2 unspecified atom stereocenters. The molecule has 0 rings (SSSR count). The zero-order chi connectivity index (χ0) is 10.8. The largest absolute Gasteiger partial charge is 0.198 e. The number of allylic oxidation sites excluding steroid dienone is 2. The third-order valence-corrected chi connectivity index (χ3v) is 2.36. The van der Waals surface area contributed by atoms with E-state index in [1.165, 1.54) is 0 Å². The molecule has 0 fully saturated rings. The molecule has 0 amide bonds. The first-order valence-electron chi connectivity index (χ1n) is 5.22. The fourth-order valence-corrected chi connectivity index (χ4v) is 1.14. The highest BCUT2D eigenvalue weighted by Gasteiger charge is 2.02. The van der Waals surface area contributed by atoms with Crippen molar-refractivity contribution in [1.82, 2.24) is 0 Å². The van der Waals surface area contributed by atoms with Crippen molar-refractivity contribution >= 4 is 0 Å². The van der Waals surface area contributed by atoms with Crippen molar-refractivity contribution in [2.24, 2.45) is 11.8 Å². The fraction of sp³-hybridized carbons (Fsp3) is 0.667. The maximum atomic E-state index is 8.69. The monoisotopic (exact) mass is 190 g/mol. The first kappa shape index (κ1) is 12.7. The molecule has 0 saturated heterocycles. The molecule has 2 atom stereocenters. The van der Waals surface area contributed by atoms with Crippen LogP contribution in [0.25, 0.3) is 0 Å². The van der Waals surface area contributed by atoms with Crippen LogP contribution < -0.4 is 0 Å². The summed E-state index contributed by atoms with van der Waals surface area (Å²) in [6, 6.07) is 4.50. The van der Waals surface area contributed by atoms with Crippen LogP contribution in [0.5, 0.6) is 0 Å². The summed E-state index contributed by atoms with van der Waals surface area (Å²) in [6.07, 6.45) is 7.48. The Labute approximate surface area is 86.8 Å². The van der Waals surface area contributed by atoms with Crippen molar-refractivity contribution in [3.8, 4) is 12.1 Å². The lowest BCUT2D eigenvalue weighted by atomic mass is 10.0. The fourth-order valence-electron chi connectivity index (χ4n) is 1.14. The van der Waals surface area contributed by atoms with E-state index in [0.29, 0.717) is 0 Å². The predicted molar refractivity (Wildman–Crippen MR) is 57.2 cm³/mol. The summed E-state index contributed by atoms with van der Waals surface area (Å²) >= 11 is 0. The van der Waals surface area contributed by atoms with Gasteiger partial charge in [-0.15, -0.1) is 0 Å². The number of nitrogens with zero attached hydrogens (tertiary/aromatic N) is 2. The Morgan fingerprint density at radius 1 is 0.929 bits per heavy atom. The van der Waals surface area contributed by atoms with Crippen LogP contribution in [0.3, 0.4) is 0 Å². The van der Waals surface area contributed by atoms with E-state index in [1.54, 1.807) is 0 Å². The summed E-state index contributed by atoms with van der Waals surface area (Å²) in [6.45, 7) is 4.04. The van der Waals surface area contributed by atoms with Gasteiger partial charge in [0.1, 0.15) is 0 Å². The van der Waals surface area contributed by atoms with E-state index in [9.17, 15) is 0 Å². The minimum Gasteiger partial charge on any atom is -0.198 e. The summed E-state index contributed by atoms with van der Waals surface area (Å²) < 4.78 is 0. The Kier molecular flexibility index (Phi) is 7.56. The molecule has 0 aromatic heterocycles. The highest BCUT2D eigenvalue weighted by molar-refractivity contribution is 4.95. The van der Waals surface area contributed by atoms with E-state index in [4.69, 9.17) is 10.5 Å². The Hall–Kier alpha value is -1.28. The number of nitriles is 2. The smallest absolute Gasteiger partial charge is 0.0658 e. The summed E-state index contributed by atoms with van der Waals surface area (Å²) in [5.41, 5.74) is 0. The van der Waals surface area contributed by atoms with Crippen LogP contribution in [0.4, 0.5) is 0 Å². The molecule has 2 heteroatoms. The third-order valence-electron chi connectivity index (χ3n) is 2.36. The van der Waals surface area contributed by atoms with Gasteiger partial charge in [0.2, 0.25) is 0 Å². The second-order valence-electron chi connectivity index (χ2n) is 3.41. The Morgan fingerprint density at radius 3 is 1.50 bits per heavy atom. The zero-order valence-corrected chi connectivity index (χ0v) is 9.03. The third kappa shape index (κ3) is 5.38. The van der Waals surface area contributed by atoms with Gasteiger partial charge in [-0.1, -0.05) is 26.0 Å². The van der Waals surface area contributed by atoms with E-state index in [1.807, 2.05) is 26.0 Å². The van der Waals surface area contributed by atoms with Crippen LogP contribution >= 0.6 is 0 Å². The van der Waals surface area contributed by atoms with Crippen LogP contribution in [-0.2, 0) is 0 Å². The molecule has 0 saturated carbocycles. The van der Waals surface area contributed by atoms with Crippen LogP contribution in [0.15, 0.2) is 12.2 Å². The molecule has 0 aliphatic carbocycles. The zero-order valence-electron chi connectivity index (χ0n) is 9.03. The molecule has 0 aromatic carbocycles. The number of rotatable bonds is 6. The standard InChI is InChI=1S/C12H18N2/c1-3-11(9-13)7-5-6-8-12(4-2)10-14/h5-6,11-12H,3-4,7-8H2,1-2H3. The van der Waals surface area contributed by atoms with Gasteiger partial charge < -0.3 is 0 Å². The first-order chi connectivity index (χ1) is 6.78. The summed E-state index contributed by atoms with van der Waals surface area (Å²) in [4.78, 5) is 0. The molecule has 0 radical (unpaired) electrons. The van der Waals surface area contributed by atoms with E-state index < -0.39 is 0 Å². The number of hydrogen-bond acceptors (Lipinski definition) is 2. The minimum atomic E-state index is 0.133. The van der Waals surface area contributed by atoms with Crippen molar-refractivity contribution in [2.75, 3.05) is 0 Å². The Bertz CT molecular complexity index is 216. The van der Waals surface area contributed by atoms with Gasteiger partial charge in [0, 0.05) is 11.8 Å². The Balaban J connectivity index is 3.75. The molecule has 76 valence electrons. The Morgan fingerprint density at radius 2 is 1.29 bits per heavy atom. The lowest BCUT2D eigenvalue weighted by Gasteiger charge is -2.01. The summed E-state index contributed by atoms with van der Waals surface area (Å²) in [5, 5.41) is 17.4. The minimum absolute atomic E-state index is 0.133. The molecule has 0 N–H and O–H groups in total. The van der Waals surface area contributed by atoms with E-state index in [0.717, 1.165) is 25.7 Å². The van der Waals surface area contributed by atoms with Crippen LogP contribution in [-0.4, -0.2) is 0 Å². The van der Waals surface area contributed by atoms with E-state index in [2.05, 4.69) is 12.1 Å². The van der Waals surface area contributed by atoms with Gasteiger partial charge in [-0.2, -0.15) is 10.5 Å². The van der Waals surface area contributed by atoms with Gasteiger partial charge in [-0.25, -0.2) is 0 Å². The topological polar surface area (TPSA) is 47.6 Å². The highest BCUT2D eigenvalue weighted by atomic mass is 14.3.